The van der Waals surface area contributed by atoms with Crippen LogP contribution in [0.3, 0.4) is 0 Å². The van der Waals surface area contributed by atoms with Gasteiger partial charge in [0.15, 0.2) is 0 Å². The van der Waals surface area contributed by atoms with Crippen LogP contribution in [0.5, 0.6) is 0 Å². The van der Waals surface area contributed by atoms with Crippen molar-refractivity contribution in [1.29, 1.82) is 0 Å². The van der Waals surface area contributed by atoms with Gasteiger partial charge in [-0.25, -0.2) is 4.98 Å². The number of imidazole rings is 1. The molecule has 102 valence electrons. The Kier molecular flexibility index (Phi) is 4.38. The normalized spacial score (nSPS) is 10.9. The molecule has 19 heavy (non-hydrogen) atoms. The van der Waals surface area contributed by atoms with E-state index < -0.39 is 0 Å². The molecule has 1 heterocycles. The van der Waals surface area contributed by atoms with Gasteiger partial charge in [-0.1, -0.05) is 19.1 Å². The monoisotopic (exact) mass is 257 g/mol. The van der Waals surface area contributed by atoms with E-state index in [4.69, 9.17) is 0 Å². The van der Waals surface area contributed by atoms with Crippen molar-refractivity contribution in [3.8, 4) is 5.69 Å². The summed E-state index contributed by atoms with van der Waals surface area (Å²) in [5.74, 6) is 0. The summed E-state index contributed by atoms with van der Waals surface area (Å²) in [7, 11) is 0. The molecular formula is C16H23N3. The van der Waals surface area contributed by atoms with Gasteiger partial charge in [0, 0.05) is 17.9 Å². The zero-order valence-corrected chi connectivity index (χ0v) is 12.3. The van der Waals surface area contributed by atoms with Crippen molar-refractivity contribution >= 4 is 0 Å². The predicted octanol–water partition coefficient (Wildman–Crippen LogP) is 3.30. The van der Waals surface area contributed by atoms with Gasteiger partial charge in [-0.2, -0.15) is 0 Å². The molecule has 2 aromatic rings. The van der Waals surface area contributed by atoms with E-state index in [2.05, 4.69) is 53.8 Å². The molecule has 0 atom stereocenters. The topological polar surface area (TPSA) is 29.9 Å². The number of hydrogen-bond acceptors (Lipinski definition) is 2. The molecule has 1 aromatic carbocycles. The second-order valence-corrected chi connectivity index (χ2v) is 5.08. The zero-order valence-electron chi connectivity index (χ0n) is 12.3. The van der Waals surface area contributed by atoms with Crippen molar-refractivity contribution < 1.29 is 0 Å². The first-order chi connectivity index (χ1) is 9.13. The highest BCUT2D eigenvalue weighted by Gasteiger charge is 2.07. The summed E-state index contributed by atoms with van der Waals surface area (Å²) in [6.45, 7) is 10.5. The Morgan fingerprint density at radius 2 is 2.00 bits per heavy atom. The molecule has 0 bridgehead atoms. The van der Waals surface area contributed by atoms with Gasteiger partial charge in [-0.3, -0.25) is 0 Å². The minimum Gasteiger partial charge on any atom is -0.313 e. The molecule has 0 amide bonds. The lowest BCUT2D eigenvalue weighted by Gasteiger charge is -2.12. The summed E-state index contributed by atoms with van der Waals surface area (Å²) in [6.07, 6.45) is 3.08. The number of benzene rings is 1. The van der Waals surface area contributed by atoms with E-state index in [1.807, 2.05) is 13.3 Å². The highest BCUT2D eigenvalue weighted by Crippen LogP contribution is 2.19. The zero-order chi connectivity index (χ0) is 13.8. The van der Waals surface area contributed by atoms with Crippen molar-refractivity contribution in [2.24, 2.45) is 0 Å². The number of aromatic nitrogens is 2. The Morgan fingerprint density at radius 1 is 1.21 bits per heavy atom. The average molecular weight is 257 g/mol. The lowest BCUT2D eigenvalue weighted by molar-refractivity contribution is 0.675. The van der Waals surface area contributed by atoms with E-state index >= 15 is 0 Å². The average Bonchev–Trinajstić information content (AvgIpc) is 2.73. The van der Waals surface area contributed by atoms with Gasteiger partial charge < -0.3 is 9.88 Å². The molecule has 0 aliphatic carbocycles. The maximum absolute atomic E-state index is 4.39. The van der Waals surface area contributed by atoms with Crippen molar-refractivity contribution in [3.63, 3.8) is 0 Å². The van der Waals surface area contributed by atoms with E-state index in [1.54, 1.807) is 0 Å². The quantitative estimate of drug-likeness (QED) is 0.833. The Bertz CT molecular complexity index is 555. The molecule has 0 unspecified atom stereocenters. The number of hydrogen-bond donors (Lipinski definition) is 1. The van der Waals surface area contributed by atoms with Crippen LogP contribution in [0.4, 0.5) is 0 Å². The molecule has 0 saturated heterocycles. The molecular weight excluding hydrogens is 234 g/mol. The molecule has 0 aliphatic heterocycles. The summed E-state index contributed by atoms with van der Waals surface area (Å²) >= 11 is 0. The summed E-state index contributed by atoms with van der Waals surface area (Å²) in [4.78, 5) is 4.39. The number of rotatable bonds is 5. The SMILES string of the molecule is CCCNCc1ccc(C)c(-n2cnc(C)c2C)c1. The van der Waals surface area contributed by atoms with Gasteiger partial charge in [0.05, 0.1) is 12.0 Å². The van der Waals surface area contributed by atoms with Crippen molar-refractivity contribution in [1.82, 2.24) is 14.9 Å². The van der Waals surface area contributed by atoms with Crippen LogP contribution in [0.15, 0.2) is 24.5 Å². The van der Waals surface area contributed by atoms with Gasteiger partial charge in [0.1, 0.15) is 0 Å². The first-order valence-corrected chi connectivity index (χ1v) is 6.94. The second kappa shape index (κ2) is 6.02. The largest absolute Gasteiger partial charge is 0.313 e. The van der Waals surface area contributed by atoms with Crippen LogP contribution >= 0.6 is 0 Å². The minimum atomic E-state index is 0.924. The molecule has 1 N–H and O–H groups in total. The fourth-order valence-corrected chi connectivity index (χ4v) is 2.18. The lowest BCUT2D eigenvalue weighted by atomic mass is 10.1. The van der Waals surface area contributed by atoms with E-state index in [-0.39, 0.29) is 0 Å². The number of nitrogens with one attached hydrogen (secondary N) is 1. The molecule has 2 rings (SSSR count). The van der Waals surface area contributed by atoms with Crippen molar-refractivity contribution in [2.45, 2.75) is 40.7 Å². The van der Waals surface area contributed by atoms with Crippen LogP contribution in [0.25, 0.3) is 5.69 Å². The maximum atomic E-state index is 4.39. The van der Waals surface area contributed by atoms with Crippen LogP contribution in [-0.2, 0) is 6.54 Å². The molecule has 0 aliphatic rings. The fraction of sp³-hybridized carbons (Fsp3) is 0.438. The summed E-state index contributed by atoms with van der Waals surface area (Å²) in [6, 6.07) is 6.64. The number of aryl methyl sites for hydroxylation is 2. The molecule has 3 nitrogen and oxygen atoms in total. The number of nitrogens with zero attached hydrogens (tertiary/aromatic N) is 2. The highest BCUT2D eigenvalue weighted by atomic mass is 15.1. The third-order valence-electron chi connectivity index (χ3n) is 3.54. The minimum absolute atomic E-state index is 0.924. The van der Waals surface area contributed by atoms with Gasteiger partial charge in [-0.05, 0) is 50.9 Å². The third kappa shape index (κ3) is 3.04. The van der Waals surface area contributed by atoms with E-state index in [9.17, 15) is 0 Å². The van der Waals surface area contributed by atoms with Gasteiger partial charge >= 0.3 is 0 Å². The highest BCUT2D eigenvalue weighted by molar-refractivity contribution is 5.45. The Hall–Kier alpha value is -1.61. The Morgan fingerprint density at radius 3 is 2.63 bits per heavy atom. The van der Waals surface area contributed by atoms with Crippen LogP contribution in [0, 0.1) is 20.8 Å². The van der Waals surface area contributed by atoms with Crippen molar-refractivity contribution in [3.05, 3.63) is 47.0 Å². The lowest BCUT2D eigenvalue weighted by Crippen LogP contribution is -2.14. The summed E-state index contributed by atoms with van der Waals surface area (Å²) < 4.78 is 2.17. The van der Waals surface area contributed by atoms with Crippen LogP contribution in [0.1, 0.15) is 35.9 Å². The molecule has 0 radical (unpaired) electrons. The van der Waals surface area contributed by atoms with E-state index in [0.717, 1.165) is 18.8 Å². The summed E-state index contributed by atoms with van der Waals surface area (Å²) in [5, 5.41) is 3.44. The smallest absolute Gasteiger partial charge is 0.0997 e. The van der Waals surface area contributed by atoms with Gasteiger partial charge in [-0.15, -0.1) is 0 Å². The van der Waals surface area contributed by atoms with Crippen LogP contribution < -0.4 is 5.32 Å². The van der Waals surface area contributed by atoms with Crippen LogP contribution in [-0.4, -0.2) is 16.1 Å². The van der Waals surface area contributed by atoms with Gasteiger partial charge in [0.2, 0.25) is 0 Å². The first-order valence-electron chi connectivity index (χ1n) is 6.94. The molecule has 0 saturated carbocycles. The van der Waals surface area contributed by atoms with Crippen LogP contribution in [0.2, 0.25) is 0 Å². The molecule has 0 fully saturated rings. The Labute approximate surface area is 115 Å². The van der Waals surface area contributed by atoms with E-state index in [1.165, 1.54) is 28.9 Å². The first kappa shape index (κ1) is 13.8. The third-order valence-corrected chi connectivity index (χ3v) is 3.54. The summed E-state index contributed by atoms with van der Waals surface area (Å²) in [5.41, 5.74) is 6.13. The fourth-order valence-electron chi connectivity index (χ4n) is 2.18. The maximum Gasteiger partial charge on any atom is 0.0997 e. The molecule has 3 heteroatoms. The second-order valence-electron chi connectivity index (χ2n) is 5.08. The predicted molar refractivity (Wildman–Crippen MR) is 79.8 cm³/mol. The Balaban J connectivity index is 2.29. The van der Waals surface area contributed by atoms with E-state index in [0.29, 0.717) is 0 Å². The van der Waals surface area contributed by atoms with Gasteiger partial charge in [0.25, 0.3) is 0 Å². The molecule has 1 aromatic heterocycles. The molecule has 0 spiro atoms. The standard InChI is InChI=1S/C16H23N3/c1-5-8-17-10-15-7-6-12(2)16(9-15)19-11-18-13(3)14(19)4/h6-7,9,11,17H,5,8,10H2,1-4H3. The van der Waals surface area contributed by atoms with Crippen molar-refractivity contribution in [2.75, 3.05) is 6.54 Å².